The van der Waals surface area contributed by atoms with Crippen molar-refractivity contribution in [2.45, 2.75) is 45.1 Å². The minimum Gasteiger partial charge on any atom is -0.325 e. The van der Waals surface area contributed by atoms with Crippen molar-refractivity contribution < 1.29 is 4.79 Å². The van der Waals surface area contributed by atoms with E-state index in [-0.39, 0.29) is 17.4 Å². The molecule has 1 fully saturated rings. The second-order valence-electron chi connectivity index (χ2n) is 11.3. The van der Waals surface area contributed by atoms with E-state index in [1.165, 1.54) is 4.68 Å². The van der Waals surface area contributed by atoms with Gasteiger partial charge in [0.15, 0.2) is 5.65 Å². The summed E-state index contributed by atoms with van der Waals surface area (Å²) in [6.07, 6.45) is 2.50. The average molecular weight is 631 g/mol. The quantitative estimate of drug-likeness (QED) is 0.257. The molecule has 0 unspecified atom stereocenters. The summed E-state index contributed by atoms with van der Waals surface area (Å²) in [6.45, 7) is 6.36. The van der Waals surface area contributed by atoms with Crippen LogP contribution in [0.5, 0.6) is 0 Å². The molecular weight excluding hydrogens is 597 g/mol. The second-order valence-corrected chi connectivity index (χ2v) is 12.5. The van der Waals surface area contributed by atoms with E-state index in [1.807, 2.05) is 45.2 Å². The maximum atomic E-state index is 13.3. The second kappa shape index (κ2) is 12.7. The molecule has 12 heteroatoms. The van der Waals surface area contributed by atoms with Gasteiger partial charge in [-0.3, -0.25) is 14.5 Å². The Morgan fingerprint density at radius 1 is 1.12 bits per heavy atom. The highest BCUT2D eigenvalue weighted by Crippen LogP contribution is 2.34. The summed E-state index contributed by atoms with van der Waals surface area (Å²) in [5, 5.41) is 9.05. The Morgan fingerprint density at radius 3 is 2.38 bits per heavy atom. The summed E-state index contributed by atoms with van der Waals surface area (Å²) < 4.78 is 1.52. The summed E-state index contributed by atoms with van der Waals surface area (Å²) in [5.41, 5.74) is 2.70. The van der Waals surface area contributed by atoms with Gasteiger partial charge in [0.05, 0.1) is 22.3 Å². The third kappa shape index (κ3) is 6.66. The van der Waals surface area contributed by atoms with Crippen LogP contribution < -0.4 is 10.9 Å². The van der Waals surface area contributed by atoms with Crippen molar-refractivity contribution >= 4 is 57.4 Å². The van der Waals surface area contributed by atoms with Crippen LogP contribution in [0, 0.1) is 0 Å². The van der Waals surface area contributed by atoms with Crippen LogP contribution in [0.15, 0.2) is 41.2 Å². The van der Waals surface area contributed by atoms with Crippen LogP contribution in [-0.4, -0.2) is 75.2 Å². The van der Waals surface area contributed by atoms with E-state index in [4.69, 9.17) is 39.8 Å². The number of hydrogen-bond donors (Lipinski definition) is 2. The van der Waals surface area contributed by atoms with E-state index < -0.39 is 0 Å². The minimum absolute atomic E-state index is 0.0423. The van der Waals surface area contributed by atoms with E-state index in [1.54, 1.807) is 12.1 Å². The van der Waals surface area contributed by atoms with Gasteiger partial charge in [-0.15, -0.1) is 0 Å². The van der Waals surface area contributed by atoms with Gasteiger partial charge in [-0.2, -0.15) is 5.10 Å². The summed E-state index contributed by atoms with van der Waals surface area (Å²) in [4.78, 5) is 38.1. The number of aromatic amines is 1. The number of likely N-dealkylation sites (N-methyl/N-ethyl adjacent to an activating group) is 1. The van der Waals surface area contributed by atoms with Gasteiger partial charge in [-0.25, -0.2) is 9.67 Å². The van der Waals surface area contributed by atoms with Crippen LogP contribution in [0.4, 0.5) is 5.69 Å². The first kappa shape index (κ1) is 30.5. The van der Waals surface area contributed by atoms with Gasteiger partial charge < -0.3 is 15.2 Å². The predicted molar refractivity (Wildman–Crippen MR) is 170 cm³/mol. The molecule has 0 aliphatic carbocycles. The van der Waals surface area contributed by atoms with Crippen molar-refractivity contribution in [1.29, 1.82) is 0 Å². The Kier molecular flexibility index (Phi) is 9.25. The molecule has 4 aromatic rings. The fourth-order valence-corrected chi connectivity index (χ4v) is 6.34. The first-order valence-corrected chi connectivity index (χ1v) is 15.1. The third-order valence-corrected chi connectivity index (χ3v) is 8.46. The van der Waals surface area contributed by atoms with E-state index in [9.17, 15) is 9.59 Å². The number of benzene rings is 2. The SMILES string of the molecule is CC(C)c1nn(-c2c(Cl)cc(Cl)cc2Cl)c2nc(Cc3ccc(NC(=O)CN(C)C4CCN(C)CC4)cc3)[nH]c(=O)c12. The van der Waals surface area contributed by atoms with Crippen molar-refractivity contribution in [3.63, 3.8) is 0 Å². The number of carbonyl (C=O) groups is 1. The number of nitrogens with one attached hydrogen (secondary N) is 2. The third-order valence-electron chi connectivity index (χ3n) is 7.67. The smallest absolute Gasteiger partial charge is 0.262 e. The largest absolute Gasteiger partial charge is 0.325 e. The number of rotatable bonds is 8. The minimum atomic E-state index is -0.288. The Labute approximate surface area is 259 Å². The van der Waals surface area contributed by atoms with Gasteiger partial charge in [0.1, 0.15) is 16.9 Å². The Bertz CT molecular complexity index is 1640. The fraction of sp³-hybridized carbons (Fsp3) is 0.400. The zero-order valence-electron chi connectivity index (χ0n) is 24.0. The lowest BCUT2D eigenvalue weighted by atomic mass is 10.0. The molecule has 2 N–H and O–H groups in total. The van der Waals surface area contributed by atoms with Gasteiger partial charge in [0.2, 0.25) is 5.91 Å². The highest BCUT2D eigenvalue weighted by Gasteiger charge is 2.24. The van der Waals surface area contributed by atoms with Gasteiger partial charge >= 0.3 is 0 Å². The number of nitrogens with zero attached hydrogens (tertiary/aromatic N) is 5. The standard InChI is InChI=1S/C30H34Cl3N7O2/c1-17(2)27-26-29(40(37-27)28-22(32)14-19(31)15-23(28)33)35-24(36-30(26)42)13-18-5-7-20(8-6-18)34-25(41)16-39(4)21-9-11-38(3)12-10-21/h5-8,14-15,17,21H,9-13,16H2,1-4H3,(H,34,41)(H,35,36,42). The van der Waals surface area contributed by atoms with Crippen LogP contribution in [0.25, 0.3) is 16.7 Å². The number of carbonyl (C=O) groups excluding carboxylic acids is 1. The molecule has 1 aliphatic rings. The zero-order chi connectivity index (χ0) is 30.1. The summed E-state index contributed by atoms with van der Waals surface area (Å²) >= 11 is 19.2. The predicted octanol–water partition coefficient (Wildman–Crippen LogP) is 5.75. The van der Waals surface area contributed by atoms with Crippen LogP contribution in [-0.2, 0) is 11.2 Å². The van der Waals surface area contributed by atoms with Gasteiger partial charge in [0, 0.05) is 23.2 Å². The molecule has 2 aromatic heterocycles. The van der Waals surface area contributed by atoms with Gasteiger partial charge in [-0.05, 0) is 75.8 Å². The summed E-state index contributed by atoms with van der Waals surface area (Å²) in [6, 6.07) is 11.1. The summed E-state index contributed by atoms with van der Waals surface area (Å²) in [5.74, 6) is 0.371. The maximum Gasteiger partial charge on any atom is 0.262 e. The Morgan fingerprint density at radius 2 is 1.76 bits per heavy atom. The molecule has 5 rings (SSSR count). The lowest BCUT2D eigenvalue weighted by Gasteiger charge is -2.34. The Balaban J connectivity index is 1.35. The molecule has 0 radical (unpaired) electrons. The average Bonchev–Trinajstić information content (AvgIpc) is 3.29. The number of fused-ring (bicyclic) bond motifs is 1. The molecule has 2 aromatic carbocycles. The number of aromatic nitrogens is 4. The first-order valence-electron chi connectivity index (χ1n) is 13.9. The van der Waals surface area contributed by atoms with Crippen LogP contribution in [0.3, 0.4) is 0 Å². The number of piperidine rings is 1. The number of amides is 1. The molecule has 222 valence electrons. The molecule has 0 saturated carbocycles. The highest BCUT2D eigenvalue weighted by atomic mass is 35.5. The topological polar surface area (TPSA) is 99.2 Å². The van der Waals surface area contributed by atoms with Crippen molar-refractivity contribution in [2.24, 2.45) is 0 Å². The van der Waals surface area contributed by atoms with Crippen molar-refractivity contribution in [1.82, 2.24) is 29.5 Å². The molecule has 1 aliphatic heterocycles. The molecule has 9 nitrogen and oxygen atoms in total. The Hall–Kier alpha value is -2.95. The molecule has 1 saturated heterocycles. The highest BCUT2D eigenvalue weighted by molar-refractivity contribution is 6.40. The van der Waals surface area contributed by atoms with E-state index in [2.05, 4.69) is 32.2 Å². The van der Waals surface area contributed by atoms with Crippen LogP contribution in [0.2, 0.25) is 15.1 Å². The number of anilines is 1. The lowest BCUT2D eigenvalue weighted by Crippen LogP contribution is -2.44. The molecule has 0 spiro atoms. The zero-order valence-corrected chi connectivity index (χ0v) is 26.3. The molecule has 0 bridgehead atoms. The van der Waals surface area contributed by atoms with Gasteiger partial charge in [0.25, 0.3) is 5.56 Å². The number of hydrogen-bond acceptors (Lipinski definition) is 6. The van der Waals surface area contributed by atoms with Crippen LogP contribution in [0.1, 0.15) is 49.7 Å². The maximum absolute atomic E-state index is 13.3. The van der Waals surface area contributed by atoms with Crippen LogP contribution >= 0.6 is 34.8 Å². The number of H-pyrrole nitrogens is 1. The van der Waals surface area contributed by atoms with Crippen molar-refractivity contribution in [3.05, 3.63) is 78.9 Å². The fourth-order valence-electron chi connectivity index (χ4n) is 5.37. The van der Waals surface area contributed by atoms with E-state index in [0.29, 0.717) is 68.0 Å². The number of halogens is 3. The van der Waals surface area contributed by atoms with E-state index in [0.717, 1.165) is 31.5 Å². The molecule has 1 amide bonds. The molecule has 0 atom stereocenters. The van der Waals surface area contributed by atoms with Crippen molar-refractivity contribution in [2.75, 3.05) is 39.0 Å². The number of likely N-dealkylation sites (tertiary alicyclic amines) is 1. The first-order chi connectivity index (χ1) is 20.0. The summed E-state index contributed by atoms with van der Waals surface area (Å²) in [7, 11) is 4.14. The lowest BCUT2D eigenvalue weighted by molar-refractivity contribution is -0.117. The molecular formula is C30H34Cl3N7O2. The van der Waals surface area contributed by atoms with Gasteiger partial charge in [-0.1, -0.05) is 60.8 Å². The monoisotopic (exact) mass is 629 g/mol. The normalized spacial score (nSPS) is 14.8. The molecule has 42 heavy (non-hydrogen) atoms. The van der Waals surface area contributed by atoms with E-state index >= 15 is 0 Å². The van der Waals surface area contributed by atoms with Crippen molar-refractivity contribution in [3.8, 4) is 5.69 Å². The molecule has 3 heterocycles.